The summed E-state index contributed by atoms with van der Waals surface area (Å²) >= 11 is 0. The van der Waals surface area contributed by atoms with E-state index in [0.717, 1.165) is 17.9 Å². The molecule has 1 atom stereocenters. The highest BCUT2D eigenvalue weighted by atomic mass is 19.3. The Labute approximate surface area is 92.0 Å². The number of primary amides is 1. The van der Waals surface area contributed by atoms with Gasteiger partial charge in [-0.15, -0.1) is 0 Å². The molecule has 0 radical (unpaired) electrons. The highest BCUT2D eigenvalue weighted by molar-refractivity contribution is 5.85. The van der Waals surface area contributed by atoms with Crippen LogP contribution in [0.1, 0.15) is 12.8 Å². The third kappa shape index (κ3) is 3.41. The molecule has 92 valence electrons. The monoisotopic (exact) mass is 235 g/mol. The number of halogens is 2. The van der Waals surface area contributed by atoms with Gasteiger partial charge in [0, 0.05) is 12.6 Å². The summed E-state index contributed by atoms with van der Waals surface area (Å²) in [4.78, 5) is 22.8. The fourth-order valence-corrected chi connectivity index (χ4v) is 1.78. The molecular weight excluding hydrogens is 220 g/mol. The second-order valence-electron chi connectivity index (χ2n) is 3.73. The van der Waals surface area contributed by atoms with Gasteiger partial charge in [-0.25, -0.2) is 0 Å². The van der Waals surface area contributed by atoms with E-state index in [2.05, 4.69) is 5.32 Å². The maximum Gasteiger partial charge on any atom is 0.315 e. The molecule has 0 bridgehead atoms. The van der Waals surface area contributed by atoms with Crippen LogP contribution in [0.4, 0.5) is 8.78 Å². The summed E-state index contributed by atoms with van der Waals surface area (Å²) in [5.74, 6) is -2.10. The first-order valence-corrected chi connectivity index (χ1v) is 5.10. The number of amides is 2. The van der Waals surface area contributed by atoms with Gasteiger partial charge in [-0.1, -0.05) is 0 Å². The summed E-state index contributed by atoms with van der Waals surface area (Å²) in [7, 11) is 0. The molecule has 0 saturated carbocycles. The number of hydrogen-bond donors (Lipinski definition) is 2. The molecule has 1 fully saturated rings. The Kier molecular flexibility index (Phi) is 4.60. The van der Waals surface area contributed by atoms with Crippen molar-refractivity contribution in [2.75, 3.05) is 19.6 Å². The van der Waals surface area contributed by atoms with Crippen molar-refractivity contribution in [1.29, 1.82) is 0 Å². The van der Waals surface area contributed by atoms with E-state index in [9.17, 15) is 18.4 Å². The van der Waals surface area contributed by atoms with Gasteiger partial charge in [-0.3, -0.25) is 9.59 Å². The molecule has 1 heterocycles. The SMILES string of the molecule is NC(=O)CN(C(=O)C(F)F)C1CCCNC1. The second-order valence-corrected chi connectivity index (χ2v) is 3.73. The fourth-order valence-electron chi connectivity index (χ4n) is 1.78. The van der Waals surface area contributed by atoms with Crippen LogP contribution in [-0.2, 0) is 9.59 Å². The summed E-state index contributed by atoms with van der Waals surface area (Å²) in [5.41, 5.74) is 4.94. The van der Waals surface area contributed by atoms with Gasteiger partial charge in [0.05, 0.1) is 6.54 Å². The average molecular weight is 235 g/mol. The third-order valence-electron chi connectivity index (χ3n) is 2.51. The molecule has 7 heteroatoms. The Hall–Kier alpha value is -1.24. The molecule has 0 aromatic heterocycles. The molecule has 5 nitrogen and oxygen atoms in total. The molecule has 0 aromatic rings. The molecule has 1 unspecified atom stereocenters. The average Bonchev–Trinajstić information content (AvgIpc) is 2.26. The van der Waals surface area contributed by atoms with Crippen LogP contribution in [0.5, 0.6) is 0 Å². The van der Waals surface area contributed by atoms with E-state index < -0.39 is 24.8 Å². The number of nitrogens with zero attached hydrogens (tertiary/aromatic N) is 1. The molecule has 2 amide bonds. The largest absolute Gasteiger partial charge is 0.368 e. The van der Waals surface area contributed by atoms with Crippen LogP contribution in [0, 0.1) is 0 Å². The number of hydrogen-bond acceptors (Lipinski definition) is 3. The van der Waals surface area contributed by atoms with Crippen LogP contribution in [-0.4, -0.2) is 48.8 Å². The van der Waals surface area contributed by atoms with Crippen LogP contribution in [0.3, 0.4) is 0 Å². The predicted molar refractivity (Wildman–Crippen MR) is 52.8 cm³/mol. The molecule has 0 aliphatic carbocycles. The fraction of sp³-hybridized carbons (Fsp3) is 0.778. The van der Waals surface area contributed by atoms with E-state index in [-0.39, 0.29) is 6.04 Å². The number of carbonyl (C=O) groups excluding carboxylic acids is 2. The van der Waals surface area contributed by atoms with Crippen molar-refractivity contribution in [3.8, 4) is 0 Å². The lowest BCUT2D eigenvalue weighted by molar-refractivity contribution is -0.148. The maximum absolute atomic E-state index is 12.3. The van der Waals surface area contributed by atoms with Crippen molar-refractivity contribution in [3.05, 3.63) is 0 Å². The van der Waals surface area contributed by atoms with Crippen molar-refractivity contribution in [2.45, 2.75) is 25.3 Å². The van der Waals surface area contributed by atoms with Gasteiger partial charge in [0.25, 0.3) is 5.91 Å². The van der Waals surface area contributed by atoms with E-state index >= 15 is 0 Å². The minimum absolute atomic E-state index is 0.372. The van der Waals surface area contributed by atoms with Crippen molar-refractivity contribution >= 4 is 11.8 Å². The molecule has 16 heavy (non-hydrogen) atoms. The van der Waals surface area contributed by atoms with E-state index in [1.807, 2.05) is 0 Å². The molecule has 3 N–H and O–H groups in total. The molecule has 1 aliphatic heterocycles. The van der Waals surface area contributed by atoms with Gasteiger partial charge < -0.3 is 16.0 Å². The van der Waals surface area contributed by atoms with Crippen molar-refractivity contribution in [1.82, 2.24) is 10.2 Å². The smallest absolute Gasteiger partial charge is 0.315 e. The highest BCUT2D eigenvalue weighted by Crippen LogP contribution is 2.13. The standard InChI is InChI=1S/C9H15F2N3O2/c10-8(11)9(16)14(5-7(12)15)6-2-1-3-13-4-6/h6,8,13H,1-5H2,(H2,12,15). The molecule has 0 spiro atoms. The van der Waals surface area contributed by atoms with Crippen molar-refractivity contribution in [2.24, 2.45) is 5.73 Å². The summed E-state index contributed by atoms with van der Waals surface area (Å²) in [6.45, 7) is 0.769. The first-order chi connectivity index (χ1) is 7.52. The lowest BCUT2D eigenvalue weighted by Crippen LogP contribution is -2.53. The first kappa shape index (κ1) is 12.8. The van der Waals surface area contributed by atoms with E-state index in [4.69, 9.17) is 5.73 Å². The molecule has 1 rings (SSSR count). The lowest BCUT2D eigenvalue weighted by atomic mass is 10.1. The van der Waals surface area contributed by atoms with Crippen LogP contribution in [0.25, 0.3) is 0 Å². The Morgan fingerprint density at radius 3 is 2.62 bits per heavy atom. The summed E-state index contributed by atoms with van der Waals surface area (Å²) in [6, 6.07) is -0.372. The van der Waals surface area contributed by atoms with Crippen LogP contribution in [0.2, 0.25) is 0 Å². The number of nitrogens with two attached hydrogens (primary N) is 1. The van der Waals surface area contributed by atoms with Gasteiger partial charge in [0.1, 0.15) is 0 Å². The quantitative estimate of drug-likeness (QED) is 0.677. The number of piperidine rings is 1. The zero-order valence-electron chi connectivity index (χ0n) is 8.79. The molecular formula is C9H15F2N3O2. The van der Waals surface area contributed by atoms with E-state index in [0.29, 0.717) is 13.0 Å². The highest BCUT2D eigenvalue weighted by Gasteiger charge is 2.31. The number of carbonyl (C=O) groups is 2. The Bertz CT molecular complexity index is 267. The minimum atomic E-state index is -3.10. The lowest BCUT2D eigenvalue weighted by Gasteiger charge is -2.33. The third-order valence-corrected chi connectivity index (χ3v) is 2.51. The zero-order chi connectivity index (χ0) is 12.1. The molecule has 1 saturated heterocycles. The Morgan fingerprint density at radius 1 is 1.50 bits per heavy atom. The van der Waals surface area contributed by atoms with Crippen LogP contribution >= 0.6 is 0 Å². The molecule has 0 aromatic carbocycles. The van der Waals surface area contributed by atoms with Gasteiger partial charge in [-0.05, 0) is 19.4 Å². The molecule has 1 aliphatic rings. The maximum atomic E-state index is 12.3. The van der Waals surface area contributed by atoms with Crippen molar-refractivity contribution in [3.63, 3.8) is 0 Å². The normalized spacial score (nSPS) is 20.8. The van der Waals surface area contributed by atoms with Crippen molar-refractivity contribution < 1.29 is 18.4 Å². The van der Waals surface area contributed by atoms with Crippen LogP contribution in [0.15, 0.2) is 0 Å². The van der Waals surface area contributed by atoms with Gasteiger partial charge >= 0.3 is 6.43 Å². The Morgan fingerprint density at radius 2 is 2.19 bits per heavy atom. The number of alkyl halides is 2. The van der Waals surface area contributed by atoms with Gasteiger partial charge in [0.2, 0.25) is 5.91 Å². The summed E-state index contributed by atoms with van der Waals surface area (Å²) in [5, 5.41) is 2.99. The minimum Gasteiger partial charge on any atom is -0.368 e. The van der Waals surface area contributed by atoms with Gasteiger partial charge in [0.15, 0.2) is 0 Å². The van der Waals surface area contributed by atoms with Crippen LogP contribution < -0.4 is 11.1 Å². The number of rotatable bonds is 4. The summed E-state index contributed by atoms with van der Waals surface area (Å²) < 4.78 is 24.6. The zero-order valence-corrected chi connectivity index (χ0v) is 8.79. The first-order valence-electron chi connectivity index (χ1n) is 5.10. The number of nitrogens with one attached hydrogen (secondary N) is 1. The second kappa shape index (κ2) is 5.74. The predicted octanol–water partition coefficient (Wildman–Crippen LogP) is -0.683. The van der Waals surface area contributed by atoms with Gasteiger partial charge in [-0.2, -0.15) is 8.78 Å². The topological polar surface area (TPSA) is 75.4 Å². The van der Waals surface area contributed by atoms with E-state index in [1.165, 1.54) is 0 Å². The van der Waals surface area contributed by atoms with E-state index in [1.54, 1.807) is 0 Å². The summed E-state index contributed by atoms with van der Waals surface area (Å²) in [6.07, 6.45) is -1.70. The Balaban J connectivity index is 2.68.